The number of rotatable bonds is 4. The van der Waals surface area contributed by atoms with E-state index in [2.05, 4.69) is 17.2 Å². The van der Waals surface area contributed by atoms with Crippen molar-refractivity contribution in [1.29, 1.82) is 0 Å². The number of anilines is 1. The lowest BCUT2D eigenvalue weighted by Gasteiger charge is -2.28. The number of pyridine rings is 1. The van der Waals surface area contributed by atoms with Gasteiger partial charge in [0.25, 0.3) is 0 Å². The summed E-state index contributed by atoms with van der Waals surface area (Å²) in [5.41, 5.74) is 1.50. The Morgan fingerprint density at radius 1 is 1.44 bits per heavy atom. The Bertz CT molecular complexity index is 346. The molecule has 1 aliphatic rings. The fourth-order valence-electron chi connectivity index (χ4n) is 2.58. The van der Waals surface area contributed by atoms with Crippen LogP contribution in [0.3, 0.4) is 0 Å². The lowest BCUT2D eigenvalue weighted by atomic mass is 9.83. The normalized spacial score (nSPS) is 18.6. The molecule has 1 aromatic rings. The molecular weight excluding hydrogens is 220 g/mol. The van der Waals surface area contributed by atoms with Crippen molar-refractivity contribution in [2.24, 2.45) is 5.41 Å². The summed E-state index contributed by atoms with van der Waals surface area (Å²) in [6, 6.07) is 1.95. The molecule has 1 fully saturated rings. The molecular formula is C13H19ClN2. The molecule has 0 aromatic carbocycles. The zero-order chi connectivity index (χ0) is 11.4. The van der Waals surface area contributed by atoms with E-state index in [9.17, 15) is 0 Å². The third-order valence-electron chi connectivity index (χ3n) is 3.84. The summed E-state index contributed by atoms with van der Waals surface area (Å²) in [4.78, 5) is 3.99. The van der Waals surface area contributed by atoms with Crippen molar-refractivity contribution in [2.45, 2.75) is 39.0 Å². The van der Waals surface area contributed by atoms with Crippen LogP contribution in [0, 0.1) is 5.41 Å². The molecule has 16 heavy (non-hydrogen) atoms. The number of nitrogens with one attached hydrogen (secondary N) is 1. The van der Waals surface area contributed by atoms with Gasteiger partial charge in [-0.25, -0.2) is 0 Å². The Balaban J connectivity index is 1.98. The SMILES string of the molecule is CCC1(CNc2ccncc2Cl)CCCC1. The van der Waals surface area contributed by atoms with Crippen LogP contribution in [0.25, 0.3) is 0 Å². The van der Waals surface area contributed by atoms with Crippen LogP contribution >= 0.6 is 11.6 Å². The molecule has 1 aromatic heterocycles. The van der Waals surface area contributed by atoms with Crippen molar-refractivity contribution in [3.8, 4) is 0 Å². The highest BCUT2D eigenvalue weighted by atomic mass is 35.5. The predicted molar refractivity (Wildman–Crippen MR) is 68.9 cm³/mol. The molecule has 0 saturated heterocycles. The summed E-state index contributed by atoms with van der Waals surface area (Å²) in [7, 11) is 0. The average molecular weight is 239 g/mol. The second kappa shape index (κ2) is 5.05. The third kappa shape index (κ3) is 2.49. The summed E-state index contributed by atoms with van der Waals surface area (Å²) in [5, 5.41) is 4.19. The largest absolute Gasteiger partial charge is 0.383 e. The highest BCUT2D eigenvalue weighted by Crippen LogP contribution is 2.41. The average Bonchev–Trinajstić information content (AvgIpc) is 2.78. The second-order valence-corrected chi connectivity index (χ2v) is 5.18. The Hall–Kier alpha value is -0.760. The van der Waals surface area contributed by atoms with Crippen molar-refractivity contribution >= 4 is 17.3 Å². The molecule has 1 heterocycles. The van der Waals surface area contributed by atoms with Crippen molar-refractivity contribution in [3.63, 3.8) is 0 Å². The van der Waals surface area contributed by atoms with Gasteiger partial charge in [0.15, 0.2) is 0 Å². The standard InChI is InChI=1S/C13H19ClN2/c1-2-13(6-3-4-7-13)10-16-12-5-8-15-9-11(12)14/h5,8-9H,2-4,6-7,10H2,1H3,(H,15,16). The summed E-state index contributed by atoms with van der Waals surface area (Å²) in [6.45, 7) is 3.33. The van der Waals surface area contributed by atoms with Crippen LogP contribution in [0.4, 0.5) is 5.69 Å². The number of hydrogen-bond donors (Lipinski definition) is 1. The van der Waals surface area contributed by atoms with Gasteiger partial charge in [-0.05, 0) is 30.7 Å². The highest BCUT2D eigenvalue weighted by molar-refractivity contribution is 6.33. The second-order valence-electron chi connectivity index (χ2n) is 4.77. The van der Waals surface area contributed by atoms with E-state index >= 15 is 0 Å². The molecule has 2 rings (SSSR count). The van der Waals surface area contributed by atoms with Gasteiger partial charge in [0.2, 0.25) is 0 Å². The van der Waals surface area contributed by atoms with Gasteiger partial charge >= 0.3 is 0 Å². The smallest absolute Gasteiger partial charge is 0.0820 e. The van der Waals surface area contributed by atoms with E-state index < -0.39 is 0 Å². The van der Waals surface area contributed by atoms with Crippen LogP contribution in [0.15, 0.2) is 18.5 Å². The van der Waals surface area contributed by atoms with E-state index in [0.717, 1.165) is 12.2 Å². The lowest BCUT2D eigenvalue weighted by molar-refractivity contribution is 0.307. The molecule has 1 saturated carbocycles. The van der Waals surface area contributed by atoms with Crippen molar-refractivity contribution in [1.82, 2.24) is 4.98 Å². The Morgan fingerprint density at radius 2 is 2.19 bits per heavy atom. The third-order valence-corrected chi connectivity index (χ3v) is 4.14. The molecule has 2 nitrogen and oxygen atoms in total. The first-order chi connectivity index (χ1) is 7.76. The molecule has 0 bridgehead atoms. The Labute approximate surface area is 102 Å². The molecule has 0 amide bonds. The quantitative estimate of drug-likeness (QED) is 0.854. The molecule has 88 valence electrons. The van der Waals surface area contributed by atoms with Gasteiger partial charge in [-0.15, -0.1) is 0 Å². The summed E-state index contributed by atoms with van der Waals surface area (Å²) in [5.74, 6) is 0. The van der Waals surface area contributed by atoms with E-state index in [1.807, 2.05) is 6.07 Å². The van der Waals surface area contributed by atoms with Crippen LogP contribution in [-0.4, -0.2) is 11.5 Å². The maximum Gasteiger partial charge on any atom is 0.0820 e. The minimum atomic E-state index is 0.493. The number of aromatic nitrogens is 1. The Kier molecular flexibility index (Phi) is 3.70. The zero-order valence-corrected chi connectivity index (χ0v) is 10.6. The van der Waals surface area contributed by atoms with Crippen molar-refractivity contribution < 1.29 is 0 Å². The van der Waals surface area contributed by atoms with Crippen molar-refractivity contribution in [2.75, 3.05) is 11.9 Å². The van der Waals surface area contributed by atoms with Gasteiger partial charge in [0, 0.05) is 18.9 Å². The fraction of sp³-hybridized carbons (Fsp3) is 0.615. The first-order valence-corrected chi connectivity index (χ1v) is 6.47. The fourth-order valence-corrected chi connectivity index (χ4v) is 2.77. The van der Waals surface area contributed by atoms with E-state index in [4.69, 9.17) is 11.6 Å². The van der Waals surface area contributed by atoms with E-state index in [-0.39, 0.29) is 0 Å². The van der Waals surface area contributed by atoms with Crippen LogP contribution in [-0.2, 0) is 0 Å². The van der Waals surface area contributed by atoms with Crippen LogP contribution in [0.2, 0.25) is 5.02 Å². The summed E-state index contributed by atoms with van der Waals surface area (Å²) in [6.07, 6.45) is 10.2. The topological polar surface area (TPSA) is 24.9 Å². The summed E-state index contributed by atoms with van der Waals surface area (Å²) < 4.78 is 0. The maximum absolute atomic E-state index is 6.07. The van der Waals surface area contributed by atoms with Crippen LogP contribution in [0.5, 0.6) is 0 Å². The molecule has 1 N–H and O–H groups in total. The minimum absolute atomic E-state index is 0.493. The lowest BCUT2D eigenvalue weighted by Crippen LogP contribution is -2.25. The monoisotopic (exact) mass is 238 g/mol. The van der Waals surface area contributed by atoms with Crippen LogP contribution < -0.4 is 5.32 Å². The molecule has 0 aliphatic heterocycles. The molecule has 0 spiro atoms. The van der Waals surface area contributed by atoms with E-state index in [0.29, 0.717) is 10.4 Å². The van der Waals surface area contributed by atoms with E-state index in [1.165, 1.54) is 32.1 Å². The maximum atomic E-state index is 6.07. The number of halogens is 1. The van der Waals surface area contributed by atoms with Gasteiger partial charge in [0.1, 0.15) is 0 Å². The van der Waals surface area contributed by atoms with Gasteiger partial charge in [-0.2, -0.15) is 0 Å². The predicted octanol–water partition coefficient (Wildman–Crippen LogP) is 4.12. The van der Waals surface area contributed by atoms with Gasteiger partial charge in [-0.3, -0.25) is 4.98 Å². The molecule has 1 aliphatic carbocycles. The van der Waals surface area contributed by atoms with Gasteiger partial charge < -0.3 is 5.32 Å². The van der Waals surface area contributed by atoms with E-state index in [1.54, 1.807) is 12.4 Å². The number of nitrogens with zero attached hydrogens (tertiary/aromatic N) is 1. The molecule has 0 radical (unpaired) electrons. The zero-order valence-electron chi connectivity index (χ0n) is 9.80. The Morgan fingerprint density at radius 3 is 2.81 bits per heavy atom. The minimum Gasteiger partial charge on any atom is -0.383 e. The molecule has 0 unspecified atom stereocenters. The first kappa shape index (κ1) is 11.7. The van der Waals surface area contributed by atoms with Gasteiger partial charge in [0.05, 0.1) is 10.7 Å². The highest BCUT2D eigenvalue weighted by Gasteiger charge is 2.31. The summed E-state index contributed by atoms with van der Waals surface area (Å²) >= 11 is 6.07. The number of hydrogen-bond acceptors (Lipinski definition) is 2. The van der Waals surface area contributed by atoms with Crippen LogP contribution in [0.1, 0.15) is 39.0 Å². The first-order valence-electron chi connectivity index (χ1n) is 6.09. The molecule has 0 atom stereocenters. The van der Waals surface area contributed by atoms with Crippen molar-refractivity contribution in [3.05, 3.63) is 23.5 Å². The van der Waals surface area contributed by atoms with Gasteiger partial charge in [-0.1, -0.05) is 31.4 Å². The molecule has 3 heteroatoms.